The van der Waals surface area contributed by atoms with E-state index in [1.54, 1.807) is 4.90 Å². The number of hydrogen-bond donors (Lipinski definition) is 1. The van der Waals surface area contributed by atoms with Crippen LogP contribution in [0.2, 0.25) is 0 Å². The van der Waals surface area contributed by atoms with Gasteiger partial charge in [0.2, 0.25) is 0 Å². The summed E-state index contributed by atoms with van der Waals surface area (Å²) in [6.07, 6.45) is 4.35. The van der Waals surface area contributed by atoms with Gasteiger partial charge in [0.1, 0.15) is 0 Å². The summed E-state index contributed by atoms with van der Waals surface area (Å²) < 4.78 is 3.39. The summed E-state index contributed by atoms with van der Waals surface area (Å²) in [7, 11) is 0. The summed E-state index contributed by atoms with van der Waals surface area (Å²) in [6.45, 7) is 2.30. The summed E-state index contributed by atoms with van der Waals surface area (Å²) in [6, 6.07) is 8.48. The van der Waals surface area contributed by atoms with Crippen molar-refractivity contribution in [1.29, 1.82) is 0 Å². The molecule has 1 saturated heterocycles. The van der Waals surface area contributed by atoms with Gasteiger partial charge in [-0.15, -0.1) is 0 Å². The SMILES string of the molecule is O=C(O)N1CCCC(Cn2ccc3cc(Br)ccc32)CC1. The van der Waals surface area contributed by atoms with E-state index in [0.717, 1.165) is 30.3 Å². The first-order chi connectivity index (χ1) is 10.1. The Hall–Kier alpha value is -1.49. The van der Waals surface area contributed by atoms with Gasteiger partial charge in [-0.25, -0.2) is 4.79 Å². The predicted molar refractivity (Wildman–Crippen MR) is 86.6 cm³/mol. The number of aromatic nitrogens is 1. The number of amides is 1. The number of carbonyl (C=O) groups is 1. The van der Waals surface area contributed by atoms with Crippen molar-refractivity contribution in [1.82, 2.24) is 9.47 Å². The number of carboxylic acid groups (broad SMARTS) is 1. The Bertz CT molecular complexity index is 653. The molecule has 5 heteroatoms. The molecule has 0 saturated carbocycles. The van der Waals surface area contributed by atoms with E-state index in [-0.39, 0.29) is 0 Å². The summed E-state index contributed by atoms with van der Waals surface area (Å²) in [4.78, 5) is 12.6. The zero-order valence-electron chi connectivity index (χ0n) is 11.8. The average molecular weight is 351 g/mol. The van der Waals surface area contributed by atoms with Crippen LogP contribution in [-0.2, 0) is 6.54 Å². The highest BCUT2D eigenvalue weighted by atomic mass is 79.9. The van der Waals surface area contributed by atoms with Crippen LogP contribution in [0, 0.1) is 5.92 Å². The third-order valence-electron chi connectivity index (χ3n) is 4.31. The van der Waals surface area contributed by atoms with Crippen LogP contribution in [-0.4, -0.2) is 33.8 Å². The third kappa shape index (κ3) is 3.23. The molecule has 1 fully saturated rings. The van der Waals surface area contributed by atoms with E-state index in [0.29, 0.717) is 19.0 Å². The van der Waals surface area contributed by atoms with E-state index in [1.165, 1.54) is 10.9 Å². The maximum Gasteiger partial charge on any atom is 0.407 e. The highest BCUT2D eigenvalue weighted by Gasteiger charge is 2.20. The van der Waals surface area contributed by atoms with Crippen LogP contribution in [0.25, 0.3) is 10.9 Å². The molecule has 2 heterocycles. The van der Waals surface area contributed by atoms with Crippen LogP contribution in [0.5, 0.6) is 0 Å². The zero-order valence-corrected chi connectivity index (χ0v) is 13.4. The molecule has 1 aromatic carbocycles. The highest BCUT2D eigenvalue weighted by molar-refractivity contribution is 9.10. The predicted octanol–water partition coefficient (Wildman–Crippen LogP) is 4.18. The maximum absolute atomic E-state index is 11.1. The van der Waals surface area contributed by atoms with Gasteiger partial charge in [0.05, 0.1) is 0 Å². The second kappa shape index (κ2) is 6.10. The monoisotopic (exact) mass is 350 g/mol. The van der Waals surface area contributed by atoms with Crippen LogP contribution in [0.1, 0.15) is 19.3 Å². The fourth-order valence-electron chi connectivity index (χ4n) is 3.15. The molecular formula is C16H19BrN2O2. The van der Waals surface area contributed by atoms with E-state index in [9.17, 15) is 4.79 Å². The number of nitrogens with zero attached hydrogens (tertiary/aromatic N) is 2. The summed E-state index contributed by atoms with van der Waals surface area (Å²) in [5.41, 5.74) is 1.25. The Balaban J connectivity index is 1.72. The first kappa shape index (κ1) is 14.4. The lowest BCUT2D eigenvalue weighted by Crippen LogP contribution is -2.30. The standard InChI is InChI=1S/C16H19BrN2O2/c17-14-3-4-15-13(10-14)6-9-19(15)11-12-2-1-7-18(8-5-12)16(20)21/h3-4,6,9-10,12H,1-2,5,7-8,11H2,(H,20,21). The van der Waals surface area contributed by atoms with E-state index in [4.69, 9.17) is 5.11 Å². The molecule has 0 bridgehead atoms. The van der Waals surface area contributed by atoms with Gasteiger partial charge in [-0.3, -0.25) is 0 Å². The lowest BCUT2D eigenvalue weighted by molar-refractivity contribution is 0.146. The van der Waals surface area contributed by atoms with E-state index in [1.807, 2.05) is 0 Å². The number of likely N-dealkylation sites (tertiary alicyclic amines) is 1. The second-order valence-corrected chi connectivity index (χ2v) is 6.65. The van der Waals surface area contributed by atoms with Crippen molar-refractivity contribution in [2.24, 2.45) is 5.92 Å². The Labute approximate surface area is 132 Å². The molecule has 0 radical (unpaired) electrons. The van der Waals surface area contributed by atoms with E-state index < -0.39 is 6.09 Å². The molecule has 0 spiro atoms. The van der Waals surface area contributed by atoms with Crippen LogP contribution in [0.4, 0.5) is 4.79 Å². The molecule has 1 unspecified atom stereocenters. The molecule has 1 aromatic heterocycles. The maximum atomic E-state index is 11.1. The van der Waals surface area contributed by atoms with Crippen molar-refractivity contribution in [2.45, 2.75) is 25.8 Å². The van der Waals surface area contributed by atoms with E-state index in [2.05, 4.69) is 51.0 Å². The molecule has 0 aliphatic carbocycles. The molecule has 2 aromatic rings. The summed E-state index contributed by atoms with van der Waals surface area (Å²) in [5.74, 6) is 0.550. The number of rotatable bonds is 2. The molecule has 1 N–H and O–H groups in total. The second-order valence-electron chi connectivity index (χ2n) is 5.74. The lowest BCUT2D eigenvalue weighted by Gasteiger charge is -2.17. The first-order valence-corrected chi connectivity index (χ1v) is 8.15. The quantitative estimate of drug-likeness (QED) is 0.882. The van der Waals surface area contributed by atoms with Crippen molar-refractivity contribution in [2.75, 3.05) is 13.1 Å². The minimum atomic E-state index is -0.785. The van der Waals surface area contributed by atoms with Crippen molar-refractivity contribution in [3.05, 3.63) is 34.9 Å². The van der Waals surface area contributed by atoms with Gasteiger partial charge in [-0.1, -0.05) is 15.9 Å². The molecular weight excluding hydrogens is 332 g/mol. The van der Waals surface area contributed by atoms with Gasteiger partial charge in [0.25, 0.3) is 0 Å². The fourth-order valence-corrected chi connectivity index (χ4v) is 3.53. The van der Waals surface area contributed by atoms with Crippen LogP contribution in [0.3, 0.4) is 0 Å². The minimum absolute atomic E-state index is 0.550. The average Bonchev–Trinajstić information content (AvgIpc) is 2.69. The van der Waals surface area contributed by atoms with Gasteiger partial charge in [-0.2, -0.15) is 0 Å². The molecule has 3 rings (SSSR count). The number of halogens is 1. The van der Waals surface area contributed by atoms with Crippen molar-refractivity contribution in [3.63, 3.8) is 0 Å². The van der Waals surface area contributed by atoms with Gasteiger partial charge < -0.3 is 14.6 Å². The third-order valence-corrected chi connectivity index (χ3v) is 4.80. The largest absolute Gasteiger partial charge is 0.465 e. The van der Waals surface area contributed by atoms with E-state index >= 15 is 0 Å². The molecule has 1 amide bonds. The van der Waals surface area contributed by atoms with Crippen molar-refractivity contribution in [3.8, 4) is 0 Å². The van der Waals surface area contributed by atoms with Crippen LogP contribution >= 0.6 is 15.9 Å². The number of benzene rings is 1. The molecule has 1 atom stereocenters. The molecule has 1 aliphatic rings. The zero-order chi connectivity index (χ0) is 14.8. The minimum Gasteiger partial charge on any atom is -0.465 e. The van der Waals surface area contributed by atoms with Gasteiger partial charge in [0.15, 0.2) is 0 Å². The highest BCUT2D eigenvalue weighted by Crippen LogP contribution is 2.25. The summed E-state index contributed by atoms with van der Waals surface area (Å²) in [5, 5.41) is 10.3. The number of fused-ring (bicyclic) bond motifs is 1. The topological polar surface area (TPSA) is 45.5 Å². The normalized spacial score (nSPS) is 19.7. The van der Waals surface area contributed by atoms with Gasteiger partial charge in [-0.05, 0) is 49.4 Å². The van der Waals surface area contributed by atoms with Gasteiger partial charge >= 0.3 is 6.09 Å². The smallest absolute Gasteiger partial charge is 0.407 e. The number of hydrogen-bond acceptors (Lipinski definition) is 1. The van der Waals surface area contributed by atoms with Crippen LogP contribution < -0.4 is 0 Å². The lowest BCUT2D eigenvalue weighted by atomic mass is 10.0. The Kier molecular flexibility index (Phi) is 4.19. The molecule has 1 aliphatic heterocycles. The Morgan fingerprint density at radius 2 is 2.14 bits per heavy atom. The van der Waals surface area contributed by atoms with Gasteiger partial charge in [0, 0.05) is 41.2 Å². The van der Waals surface area contributed by atoms with Crippen molar-refractivity contribution < 1.29 is 9.90 Å². The molecule has 4 nitrogen and oxygen atoms in total. The summed E-state index contributed by atoms with van der Waals surface area (Å²) >= 11 is 3.50. The Morgan fingerprint density at radius 1 is 1.29 bits per heavy atom. The molecule has 112 valence electrons. The first-order valence-electron chi connectivity index (χ1n) is 7.36. The molecule has 21 heavy (non-hydrogen) atoms. The Morgan fingerprint density at radius 3 is 2.95 bits per heavy atom. The fraction of sp³-hybridized carbons (Fsp3) is 0.438. The van der Waals surface area contributed by atoms with Crippen LogP contribution in [0.15, 0.2) is 34.9 Å². The van der Waals surface area contributed by atoms with Crippen molar-refractivity contribution >= 4 is 32.9 Å².